The Labute approximate surface area is 162 Å². The van der Waals surface area contributed by atoms with Crippen LogP contribution in [-0.4, -0.2) is 31.9 Å². The lowest BCUT2D eigenvalue weighted by Crippen LogP contribution is -2.41. The molecule has 0 aliphatic rings. The summed E-state index contributed by atoms with van der Waals surface area (Å²) in [5.41, 5.74) is 1.11. The molecule has 3 nitrogen and oxygen atoms in total. The number of aliphatic hydroxyl groups is 2. The maximum Gasteiger partial charge on any atom is 0.0912 e. The summed E-state index contributed by atoms with van der Waals surface area (Å²) in [6, 6.07) is 7.58. The zero-order chi connectivity index (χ0) is 19.4. The van der Waals surface area contributed by atoms with E-state index in [4.69, 9.17) is 0 Å². The Morgan fingerprint density at radius 3 is 1.81 bits per heavy atom. The fourth-order valence-electron chi connectivity index (χ4n) is 3.26. The first-order valence-electron chi connectivity index (χ1n) is 10.3. The molecule has 0 saturated carbocycles. The van der Waals surface area contributed by atoms with E-state index in [0.29, 0.717) is 17.7 Å². The summed E-state index contributed by atoms with van der Waals surface area (Å²) >= 11 is 0. The molecule has 1 aromatic rings. The highest BCUT2D eigenvalue weighted by atomic mass is 32.2. The quantitative estimate of drug-likeness (QED) is 0.438. The van der Waals surface area contributed by atoms with Gasteiger partial charge in [-0.3, -0.25) is 4.21 Å². The maximum atomic E-state index is 13.1. The maximum absolute atomic E-state index is 13.1. The van der Waals surface area contributed by atoms with Gasteiger partial charge in [-0.05, 0) is 31.9 Å². The first-order valence-corrected chi connectivity index (χ1v) is 11.6. The van der Waals surface area contributed by atoms with Gasteiger partial charge in [0.2, 0.25) is 0 Å². The monoisotopic (exact) mass is 382 g/mol. The molecule has 0 aliphatic heterocycles. The molecule has 0 radical (unpaired) electrons. The number of aryl methyl sites for hydroxylation is 1. The van der Waals surface area contributed by atoms with Crippen molar-refractivity contribution in [3.05, 3.63) is 29.8 Å². The van der Waals surface area contributed by atoms with Crippen LogP contribution in [0.15, 0.2) is 29.2 Å². The van der Waals surface area contributed by atoms with Gasteiger partial charge < -0.3 is 10.2 Å². The third-order valence-electron chi connectivity index (χ3n) is 4.97. The number of rotatable bonds is 14. The van der Waals surface area contributed by atoms with Crippen LogP contribution >= 0.6 is 0 Å². The van der Waals surface area contributed by atoms with Gasteiger partial charge >= 0.3 is 0 Å². The predicted octanol–water partition coefficient (Wildman–Crippen LogP) is 5.13. The predicted molar refractivity (Wildman–Crippen MR) is 111 cm³/mol. The molecule has 150 valence electrons. The van der Waals surface area contributed by atoms with Crippen LogP contribution in [0.1, 0.15) is 83.6 Å². The van der Waals surface area contributed by atoms with E-state index < -0.39 is 28.3 Å². The van der Waals surface area contributed by atoms with E-state index in [1.54, 1.807) is 0 Å². The third-order valence-corrected chi connectivity index (χ3v) is 6.83. The highest BCUT2D eigenvalue weighted by molar-refractivity contribution is 7.85. The second-order valence-electron chi connectivity index (χ2n) is 7.41. The standard InChI is InChI=1S/C22H38O3S/c1-4-6-8-9-11-13-21(24)22(20(23)12-10-7-5-2)26(25)19-16-14-18(3)15-17-19/h14-17,20-24H,4-13H2,1-3H3. The Morgan fingerprint density at radius 1 is 0.808 bits per heavy atom. The molecule has 0 spiro atoms. The van der Waals surface area contributed by atoms with Gasteiger partial charge in [0.15, 0.2) is 0 Å². The minimum Gasteiger partial charge on any atom is -0.392 e. The fourth-order valence-corrected chi connectivity index (χ4v) is 4.82. The lowest BCUT2D eigenvalue weighted by atomic mass is 10.00. The van der Waals surface area contributed by atoms with Gasteiger partial charge in [0.05, 0.1) is 28.3 Å². The molecule has 0 amide bonds. The van der Waals surface area contributed by atoms with Gasteiger partial charge in [-0.25, -0.2) is 0 Å². The van der Waals surface area contributed by atoms with Crippen LogP contribution in [0.2, 0.25) is 0 Å². The van der Waals surface area contributed by atoms with Gasteiger partial charge in [-0.15, -0.1) is 0 Å². The van der Waals surface area contributed by atoms with Crippen LogP contribution in [0.4, 0.5) is 0 Å². The summed E-state index contributed by atoms with van der Waals surface area (Å²) in [6.07, 6.45) is 8.38. The first kappa shape index (κ1) is 23.3. The van der Waals surface area contributed by atoms with E-state index in [1.807, 2.05) is 31.2 Å². The van der Waals surface area contributed by atoms with E-state index in [2.05, 4.69) is 13.8 Å². The van der Waals surface area contributed by atoms with Crippen LogP contribution in [0.5, 0.6) is 0 Å². The highest BCUT2D eigenvalue weighted by Crippen LogP contribution is 2.23. The van der Waals surface area contributed by atoms with Crippen molar-refractivity contribution in [3.8, 4) is 0 Å². The van der Waals surface area contributed by atoms with Gasteiger partial charge in [0.1, 0.15) is 0 Å². The number of benzene rings is 1. The lowest BCUT2D eigenvalue weighted by molar-refractivity contribution is 0.0743. The van der Waals surface area contributed by atoms with E-state index in [0.717, 1.165) is 37.7 Å². The fraction of sp³-hybridized carbons (Fsp3) is 0.727. The largest absolute Gasteiger partial charge is 0.392 e. The average Bonchev–Trinajstić information content (AvgIpc) is 2.62. The Morgan fingerprint density at radius 2 is 1.27 bits per heavy atom. The van der Waals surface area contributed by atoms with Crippen molar-refractivity contribution in [2.24, 2.45) is 0 Å². The van der Waals surface area contributed by atoms with Gasteiger partial charge in [0, 0.05) is 4.90 Å². The zero-order valence-electron chi connectivity index (χ0n) is 16.8. The van der Waals surface area contributed by atoms with E-state index in [9.17, 15) is 14.4 Å². The van der Waals surface area contributed by atoms with Crippen molar-refractivity contribution in [2.45, 2.75) is 107 Å². The lowest BCUT2D eigenvalue weighted by Gasteiger charge is -2.27. The van der Waals surface area contributed by atoms with Crippen LogP contribution in [0, 0.1) is 6.92 Å². The normalized spacial score (nSPS) is 16.2. The molecule has 4 atom stereocenters. The van der Waals surface area contributed by atoms with Gasteiger partial charge in [-0.1, -0.05) is 82.9 Å². The van der Waals surface area contributed by atoms with Crippen molar-refractivity contribution in [2.75, 3.05) is 0 Å². The van der Waals surface area contributed by atoms with Crippen molar-refractivity contribution < 1.29 is 14.4 Å². The Hall–Kier alpha value is -0.710. The SMILES string of the molecule is CCCCCCCC(O)C(C(O)CCCCC)S(=O)c1ccc(C)cc1. The zero-order valence-corrected chi connectivity index (χ0v) is 17.6. The molecule has 26 heavy (non-hydrogen) atoms. The number of hydrogen-bond acceptors (Lipinski definition) is 3. The Balaban J connectivity index is 2.76. The van der Waals surface area contributed by atoms with Crippen molar-refractivity contribution in [3.63, 3.8) is 0 Å². The van der Waals surface area contributed by atoms with Crippen molar-refractivity contribution >= 4 is 10.8 Å². The van der Waals surface area contributed by atoms with Gasteiger partial charge in [-0.2, -0.15) is 0 Å². The number of unbranched alkanes of at least 4 members (excludes halogenated alkanes) is 6. The second kappa shape index (κ2) is 13.5. The summed E-state index contributed by atoms with van der Waals surface area (Å²) in [4.78, 5) is 0.695. The smallest absolute Gasteiger partial charge is 0.0912 e. The molecule has 2 N–H and O–H groups in total. The molecule has 4 unspecified atom stereocenters. The summed E-state index contributed by atoms with van der Waals surface area (Å²) in [6.45, 7) is 6.30. The molecule has 0 bridgehead atoms. The molecular weight excluding hydrogens is 344 g/mol. The van der Waals surface area contributed by atoms with Crippen LogP contribution in [0.3, 0.4) is 0 Å². The minimum absolute atomic E-state index is 0.600. The second-order valence-corrected chi connectivity index (χ2v) is 9.02. The molecule has 4 heteroatoms. The molecule has 1 aromatic carbocycles. The van der Waals surface area contributed by atoms with Crippen LogP contribution in [-0.2, 0) is 10.8 Å². The first-order chi connectivity index (χ1) is 12.5. The van der Waals surface area contributed by atoms with Crippen molar-refractivity contribution in [1.82, 2.24) is 0 Å². The minimum atomic E-state index is -1.40. The summed E-state index contributed by atoms with van der Waals surface area (Å²) in [7, 11) is -1.40. The van der Waals surface area contributed by atoms with Crippen LogP contribution in [0.25, 0.3) is 0 Å². The van der Waals surface area contributed by atoms with E-state index in [1.165, 1.54) is 19.3 Å². The Kier molecular flexibility index (Phi) is 12.1. The molecule has 1 rings (SSSR count). The third kappa shape index (κ3) is 8.32. The molecule has 0 aromatic heterocycles. The molecule has 0 heterocycles. The molecular formula is C22H38O3S. The van der Waals surface area contributed by atoms with E-state index in [-0.39, 0.29) is 0 Å². The highest BCUT2D eigenvalue weighted by Gasteiger charge is 2.32. The van der Waals surface area contributed by atoms with Crippen LogP contribution < -0.4 is 0 Å². The topological polar surface area (TPSA) is 57.5 Å². The summed E-state index contributed by atoms with van der Waals surface area (Å²) in [5.74, 6) is 0. The van der Waals surface area contributed by atoms with Crippen molar-refractivity contribution in [1.29, 1.82) is 0 Å². The van der Waals surface area contributed by atoms with Gasteiger partial charge in [0.25, 0.3) is 0 Å². The molecule has 0 fully saturated rings. The average molecular weight is 383 g/mol. The summed E-state index contributed by atoms with van der Waals surface area (Å²) < 4.78 is 13.1. The summed E-state index contributed by atoms with van der Waals surface area (Å²) in [5, 5.41) is 20.8. The number of aliphatic hydroxyl groups excluding tert-OH is 2. The van der Waals surface area contributed by atoms with E-state index >= 15 is 0 Å². The molecule has 0 saturated heterocycles. The number of hydrogen-bond donors (Lipinski definition) is 2. The Bertz CT molecular complexity index is 501. The molecule has 0 aliphatic carbocycles.